The highest BCUT2D eigenvalue weighted by atomic mass is 19.4. The zero-order valence-electron chi connectivity index (χ0n) is 14.8. The number of halogens is 5. The minimum atomic E-state index is -4.82. The van der Waals surface area contributed by atoms with Crippen molar-refractivity contribution in [2.75, 3.05) is 6.54 Å². The Labute approximate surface area is 162 Å². The Bertz CT molecular complexity index is 1000. The van der Waals surface area contributed by atoms with E-state index >= 15 is 0 Å². The van der Waals surface area contributed by atoms with Crippen molar-refractivity contribution < 1.29 is 26.7 Å². The van der Waals surface area contributed by atoms with Gasteiger partial charge in [0.1, 0.15) is 5.82 Å². The van der Waals surface area contributed by atoms with Crippen LogP contribution in [0.5, 0.6) is 0 Å². The van der Waals surface area contributed by atoms with Crippen molar-refractivity contribution in [2.45, 2.75) is 18.8 Å². The summed E-state index contributed by atoms with van der Waals surface area (Å²) in [7, 11) is 0. The third kappa shape index (κ3) is 4.58. The molecule has 5 nitrogen and oxygen atoms in total. The number of hydrogen-bond donors (Lipinski definition) is 2. The lowest BCUT2D eigenvalue weighted by Gasteiger charge is -2.17. The number of aromatic nitrogens is 1. The Balaban J connectivity index is 1.95. The third-order valence-electron chi connectivity index (χ3n) is 4.20. The van der Waals surface area contributed by atoms with Gasteiger partial charge in [-0.05, 0) is 35.9 Å². The maximum atomic E-state index is 14.8. The van der Waals surface area contributed by atoms with E-state index in [0.29, 0.717) is 36.9 Å². The number of amides is 1. The predicted molar refractivity (Wildman–Crippen MR) is 95.6 cm³/mol. The van der Waals surface area contributed by atoms with Crippen molar-refractivity contribution >= 4 is 17.3 Å². The van der Waals surface area contributed by atoms with Crippen LogP contribution in [0.25, 0.3) is 0 Å². The van der Waals surface area contributed by atoms with E-state index in [4.69, 9.17) is 5.73 Å². The molecule has 0 aliphatic carbocycles. The first kappa shape index (κ1) is 20.4. The van der Waals surface area contributed by atoms with Crippen LogP contribution in [-0.2, 0) is 11.0 Å². The largest absolute Gasteiger partial charge is 0.416 e. The lowest BCUT2D eigenvalue weighted by atomic mass is 10.0. The Morgan fingerprint density at radius 2 is 2.00 bits per heavy atom. The van der Waals surface area contributed by atoms with Gasteiger partial charge in [-0.1, -0.05) is 0 Å². The second-order valence-corrected chi connectivity index (χ2v) is 6.22. The van der Waals surface area contributed by atoms with E-state index in [-0.39, 0.29) is 17.0 Å². The molecular formula is C19H15F5N4O. The van der Waals surface area contributed by atoms with E-state index in [2.05, 4.69) is 15.3 Å². The number of nitrogens with zero attached hydrogens (tertiary/aromatic N) is 2. The van der Waals surface area contributed by atoms with Gasteiger partial charge in [0, 0.05) is 25.4 Å². The topological polar surface area (TPSA) is 80.4 Å². The Morgan fingerprint density at radius 1 is 1.24 bits per heavy atom. The van der Waals surface area contributed by atoms with E-state index in [9.17, 15) is 26.7 Å². The number of rotatable bonds is 3. The minimum absolute atomic E-state index is 0.173. The standard InChI is InChI=1S/C19H15F5N4O/c20-12-6-10(5-11(7-12)19(22,23)24)17(21)16-8-13(1-3-26-16)28-15-2-4-27-18(29)14(15)9-25/h1,3,5-9,17H,2,4,25H2,(H,27,29)/b14-9+,28-15?. The number of benzene rings is 1. The van der Waals surface area contributed by atoms with Crippen molar-refractivity contribution in [3.8, 4) is 0 Å². The SMILES string of the molecule is N/C=C1/C(=O)NCCC1=Nc1ccnc(C(F)c2cc(F)cc(C(F)(F)F)c2)c1. The molecule has 10 heteroatoms. The third-order valence-corrected chi connectivity index (χ3v) is 4.20. The average Bonchev–Trinajstić information content (AvgIpc) is 2.66. The van der Waals surface area contributed by atoms with Gasteiger partial charge in [0.05, 0.1) is 28.2 Å². The molecule has 1 aromatic heterocycles. The summed E-state index contributed by atoms with van der Waals surface area (Å²) in [5.41, 5.74) is 4.18. The molecule has 0 saturated carbocycles. The van der Waals surface area contributed by atoms with E-state index in [1.807, 2.05) is 0 Å². The van der Waals surface area contributed by atoms with Crippen LogP contribution in [0.1, 0.15) is 29.4 Å². The summed E-state index contributed by atoms with van der Waals surface area (Å²) in [4.78, 5) is 19.9. The van der Waals surface area contributed by atoms with Gasteiger partial charge in [-0.25, -0.2) is 8.78 Å². The number of nitrogens with two attached hydrogens (primary N) is 1. The van der Waals surface area contributed by atoms with Crippen molar-refractivity contribution in [1.82, 2.24) is 10.3 Å². The Morgan fingerprint density at radius 3 is 2.69 bits per heavy atom. The number of alkyl halides is 4. The van der Waals surface area contributed by atoms with E-state index < -0.39 is 35.2 Å². The van der Waals surface area contributed by atoms with Crippen LogP contribution in [-0.4, -0.2) is 23.1 Å². The molecule has 2 heterocycles. The summed E-state index contributed by atoms with van der Waals surface area (Å²) in [5, 5.41) is 2.60. The monoisotopic (exact) mass is 410 g/mol. The average molecular weight is 410 g/mol. The smallest absolute Gasteiger partial charge is 0.404 e. The zero-order chi connectivity index (χ0) is 21.2. The summed E-state index contributed by atoms with van der Waals surface area (Å²) < 4.78 is 67.0. The van der Waals surface area contributed by atoms with Crippen molar-refractivity contribution in [3.63, 3.8) is 0 Å². The van der Waals surface area contributed by atoms with Gasteiger partial charge in [-0.15, -0.1) is 0 Å². The van der Waals surface area contributed by atoms with Crippen LogP contribution < -0.4 is 11.1 Å². The minimum Gasteiger partial charge on any atom is -0.404 e. The van der Waals surface area contributed by atoms with Gasteiger partial charge in [-0.3, -0.25) is 14.8 Å². The molecule has 1 aromatic carbocycles. The molecule has 1 amide bonds. The van der Waals surface area contributed by atoms with Crippen LogP contribution in [0.2, 0.25) is 0 Å². The van der Waals surface area contributed by atoms with E-state index in [1.165, 1.54) is 18.3 Å². The predicted octanol–water partition coefficient (Wildman–Crippen LogP) is 3.73. The Kier molecular flexibility index (Phi) is 5.62. The second kappa shape index (κ2) is 7.98. The molecule has 3 rings (SSSR count). The number of piperidine rings is 1. The fraction of sp³-hybridized carbons (Fsp3) is 0.211. The summed E-state index contributed by atoms with van der Waals surface area (Å²) in [6.07, 6.45) is -4.20. The first-order chi connectivity index (χ1) is 13.7. The summed E-state index contributed by atoms with van der Waals surface area (Å²) in [6, 6.07) is 4.17. The second-order valence-electron chi connectivity index (χ2n) is 6.22. The number of aliphatic imine (C=N–C) groups is 1. The van der Waals surface area contributed by atoms with Crippen molar-refractivity contribution in [2.24, 2.45) is 10.7 Å². The molecular weight excluding hydrogens is 395 g/mol. The Hall–Kier alpha value is -3.30. The number of pyridine rings is 1. The molecule has 1 unspecified atom stereocenters. The maximum absolute atomic E-state index is 14.8. The molecule has 1 saturated heterocycles. The zero-order valence-corrected chi connectivity index (χ0v) is 14.8. The van der Waals surface area contributed by atoms with Gasteiger partial charge >= 0.3 is 6.18 Å². The fourth-order valence-corrected chi connectivity index (χ4v) is 2.84. The first-order valence-electron chi connectivity index (χ1n) is 8.45. The van der Waals surface area contributed by atoms with Gasteiger partial charge in [0.2, 0.25) is 0 Å². The molecule has 29 heavy (non-hydrogen) atoms. The molecule has 0 bridgehead atoms. The van der Waals surface area contributed by atoms with Crippen molar-refractivity contribution in [3.05, 3.63) is 70.9 Å². The van der Waals surface area contributed by atoms with Gasteiger partial charge in [0.15, 0.2) is 6.17 Å². The van der Waals surface area contributed by atoms with Crippen LogP contribution >= 0.6 is 0 Å². The number of nitrogens with one attached hydrogen (secondary N) is 1. The molecule has 1 atom stereocenters. The molecule has 0 radical (unpaired) electrons. The summed E-state index contributed by atoms with van der Waals surface area (Å²) >= 11 is 0. The van der Waals surface area contributed by atoms with Crippen LogP contribution in [0.15, 0.2) is 53.3 Å². The molecule has 1 fully saturated rings. The van der Waals surface area contributed by atoms with E-state index in [0.717, 1.165) is 6.20 Å². The van der Waals surface area contributed by atoms with Gasteiger partial charge in [-0.2, -0.15) is 13.2 Å². The fourth-order valence-electron chi connectivity index (χ4n) is 2.84. The van der Waals surface area contributed by atoms with Gasteiger partial charge < -0.3 is 11.1 Å². The van der Waals surface area contributed by atoms with Crippen LogP contribution in [0.3, 0.4) is 0 Å². The van der Waals surface area contributed by atoms with E-state index in [1.54, 1.807) is 0 Å². The molecule has 152 valence electrons. The molecule has 0 spiro atoms. The quantitative estimate of drug-likeness (QED) is 0.598. The number of hydrogen-bond acceptors (Lipinski definition) is 4. The number of carbonyl (C=O) groups is 1. The van der Waals surface area contributed by atoms with Gasteiger partial charge in [0.25, 0.3) is 5.91 Å². The first-order valence-corrected chi connectivity index (χ1v) is 8.45. The highest BCUT2D eigenvalue weighted by Crippen LogP contribution is 2.34. The van der Waals surface area contributed by atoms with Crippen LogP contribution in [0, 0.1) is 5.82 Å². The molecule has 1 aliphatic rings. The molecule has 3 N–H and O–H groups in total. The molecule has 2 aromatic rings. The molecule has 1 aliphatic heterocycles. The highest BCUT2D eigenvalue weighted by molar-refractivity contribution is 6.23. The normalized spacial score (nSPS) is 18.7. The van der Waals surface area contributed by atoms with Crippen molar-refractivity contribution in [1.29, 1.82) is 0 Å². The van der Waals surface area contributed by atoms with Crippen LogP contribution in [0.4, 0.5) is 27.6 Å². The highest BCUT2D eigenvalue weighted by Gasteiger charge is 2.32. The maximum Gasteiger partial charge on any atom is 0.416 e. The number of carbonyl (C=O) groups excluding carboxylic acids is 1. The lowest BCUT2D eigenvalue weighted by molar-refractivity contribution is -0.137. The summed E-state index contributed by atoms with van der Waals surface area (Å²) in [5.74, 6) is -1.60. The lowest BCUT2D eigenvalue weighted by Crippen LogP contribution is -2.36. The summed E-state index contributed by atoms with van der Waals surface area (Å²) in [6.45, 7) is 0.349.